The molecule has 0 spiro atoms. The summed E-state index contributed by atoms with van der Waals surface area (Å²) >= 11 is 7.68. The fraction of sp³-hybridized carbons (Fsp3) is 0.214. The molecule has 1 N–H and O–H groups in total. The molecular weight excluding hydrogens is 292 g/mol. The van der Waals surface area contributed by atoms with E-state index in [1.807, 2.05) is 25.1 Å². The topological polar surface area (TPSA) is 50.7 Å². The van der Waals surface area contributed by atoms with Crippen LogP contribution in [0.3, 0.4) is 0 Å². The van der Waals surface area contributed by atoms with E-state index in [-0.39, 0.29) is 0 Å². The molecule has 4 nitrogen and oxygen atoms in total. The Bertz CT molecular complexity index is 749. The molecule has 0 aliphatic rings. The number of rotatable bonds is 3. The average molecular weight is 305 g/mol. The van der Waals surface area contributed by atoms with Gasteiger partial charge in [-0.1, -0.05) is 11.6 Å². The monoisotopic (exact) mass is 304 g/mol. The zero-order valence-corrected chi connectivity index (χ0v) is 12.7. The Morgan fingerprint density at radius 3 is 2.85 bits per heavy atom. The van der Waals surface area contributed by atoms with E-state index in [9.17, 15) is 0 Å². The van der Waals surface area contributed by atoms with E-state index in [1.54, 1.807) is 17.7 Å². The lowest BCUT2D eigenvalue weighted by Gasteiger charge is -2.06. The molecule has 0 radical (unpaired) electrons. The summed E-state index contributed by atoms with van der Waals surface area (Å²) in [5.41, 5.74) is 1.92. The summed E-state index contributed by atoms with van der Waals surface area (Å²) < 4.78 is 0. The largest absolute Gasteiger partial charge is 0.363 e. The summed E-state index contributed by atoms with van der Waals surface area (Å²) in [5.74, 6) is 0.803. The van der Waals surface area contributed by atoms with Gasteiger partial charge in [-0.3, -0.25) is 0 Å². The molecule has 0 saturated heterocycles. The number of nitrogens with zero attached hydrogens (tertiary/aromatic N) is 3. The van der Waals surface area contributed by atoms with Crippen molar-refractivity contribution in [2.75, 3.05) is 5.32 Å². The van der Waals surface area contributed by atoms with E-state index >= 15 is 0 Å². The first kappa shape index (κ1) is 13.3. The first-order chi connectivity index (χ1) is 9.63. The highest BCUT2D eigenvalue weighted by Crippen LogP contribution is 2.23. The van der Waals surface area contributed by atoms with Gasteiger partial charge in [0.15, 0.2) is 0 Å². The molecule has 20 heavy (non-hydrogen) atoms. The minimum atomic E-state index is 0.661. The number of aryl methyl sites for hydroxylation is 2. The molecule has 3 aromatic rings. The predicted octanol–water partition coefficient (Wildman–Crippen LogP) is 3.97. The molecule has 0 unspecified atom stereocenters. The lowest BCUT2D eigenvalue weighted by atomic mass is 10.2. The Balaban J connectivity index is 1.87. The van der Waals surface area contributed by atoms with Crippen molar-refractivity contribution < 1.29 is 0 Å². The van der Waals surface area contributed by atoms with Gasteiger partial charge in [0.2, 0.25) is 0 Å². The SMILES string of the molecule is Cc1nc(CNc2ncnc3cc(Cl)ccc23)sc1C. The van der Waals surface area contributed by atoms with Crippen LogP contribution in [0.15, 0.2) is 24.5 Å². The minimum absolute atomic E-state index is 0.661. The van der Waals surface area contributed by atoms with Gasteiger partial charge in [0.1, 0.15) is 17.2 Å². The van der Waals surface area contributed by atoms with Crippen LogP contribution < -0.4 is 5.32 Å². The molecule has 3 rings (SSSR count). The van der Waals surface area contributed by atoms with Gasteiger partial charge in [0, 0.05) is 15.3 Å². The lowest BCUT2D eigenvalue weighted by molar-refractivity contribution is 1.05. The van der Waals surface area contributed by atoms with Gasteiger partial charge < -0.3 is 5.32 Å². The van der Waals surface area contributed by atoms with Crippen LogP contribution in [0, 0.1) is 13.8 Å². The number of hydrogen-bond acceptors (Lipinski definition) is 5. The van der Waals surface area contributed by atoms with Gasteiger partial charge in [0.25, 0.3) is 0 Å². The molecule has 0 saturated carbocycles. The summed E-state index contributed by atoms with van der Waals surface area (Å²) in [5, 5.41) is 6.01. The Morgan fingerprint density at radius 1 is 1.25 bits per heavy atom. The quantitative estimate of drug-likeness (QED) is 0.795. The zero-order valence-electron chi connectivity index (χ0n) is 11.1. The van der Waals surface area contributed by atoms with Crippen molar-refractivity contribution in [1.82, 2.24) is 15.0 Å². The molecule has 0 amide bonds. The van der Waals surface area contributed by atoms with Crippen LogP contribution in [0.5, 0.6) is 0 Å². The smallest absolute Gasteiger partial charge is 0.137 e. The summed E-state index contributed by atoms with van der Waals surface area (Å²) in [6.45, 7) is 4.77. The molecule has 1 aromatic carbocycles. The second-order valence-corrected chi connectivity index (χ2v) is 6.21. The molecule has 0 bridgehead atoms. The van der Waals surface area contributed by atoms with Crippen LogP contribution in [-0.4, -0.2) is 15.0 Å². The number of anilines is 1. The van der Waals surface area contributed by atoms with Crippen LogP contribution in [0.2, 0.25) is 5.02 Å². The summed E-state index contributed by atoms with van der Waals surface area (Å²) in [6, 6.07) is 5.61. The number of fused-ring (bicyclic) bond motifs is 1. The maximum Gasteiger partial charge on any atom is 0.137 e. The first-order valence-electron chi connectivity index (χ1n) is 6.20. The summed E-state index contributed by atoms with van der Waals surface area (Å²) in [6.07, 6.45) is 1.54. The maximum atomic E-state index is 5.97. The second kappa shape index (κ2) is 5.34. The van der Waals surface area contributed by atoms with Crippen LogP contribution >= 0.6 is 22.9 Å². The summed E-state index contributed by atoms with van der Waals surface area (Å²) in [7, 11) is 0. The summed E-state index contributed by atoms with van der Waals surface area (Å²) in [4.78, 5) is 14.3. The highest BCUT2D eigenvalue weighted by molar-refractivity contribution is 7.11. The normalized spacial score (nSPS) is 10.9. The van der Waals surface area contributed by atoms with Crippen LogP contribution in [0.1, 0.15) is 15.6 Å². The minimum Gasteiger partial charge on any atom is -0.363 e. The molecule has 2 aromatic heterocycles. The van der Waals surface area contributed by atoms with Crippen molar-refractivity contribution in [2.24, 2.45) is 0 Å². The molecule has 0 aliphatic heterocycles. The Kier molecular flexibility index (Phi) is 3.54. The Morgan fingerprint density at radius 2 is 2.10 bits per heavy atom. The third kappa shape index (κ3) is 2.59. The predicted molar refractivity (Wildman–Crippen MR) is 83.5 cm³/mol. The van der Waals surface area contributed by atoms with E-state index in [0.717, 1.165) is 27.4 Å². The third-order valence-electron chi connectivity index (χ3n) is 3.08. The molecular formula is C14H13ClN4S. The molecule has 102 valence electrons. The van der Waals surface area contributed by atoms with Crippen molar-refractivity contribution in [3.63, 3.8) is 0 Å². The molecule has 0 fully saturated rings. The second-order valence-electron chi connectivity index (χ2n) is 4.49. The standard InChI is InChI=1S/C14H13ClN4S/c1-8-9(2)20-13(19-8)6-16-14-11-4-3-10(15)5-12(11)17-7-18-14/h3-5,7H,6H2,1-2H3,(H,16,17,18). The fourth-order valence-corrected chi connectivity index (χ4v) is 2.99. The molecule has 0 atom stereocenters. The van der Waals surface area contributed by atoms with Gasteiger partial charge in [-0.15, -0.1) is 11.3 Å². The highest BCUT2D eigenvalue weighted by atomic mass is 35.5. The Hall–Kier alpha value is -1.72. The van der Waals surface area contributed by atoms with E-state index in [2.05, 4.69) is 27.2 Å². The maximum absolute atomic E-state index is 5.97. The van der Waals surface area contributed by atoms with Crippen LogP contribution in [-0.2, 0) is 6.54 Å². The van der Waals surface area contributed by atoms with Crippen molar-refractivity contribution in [3.05, 3.63) is 45.1 Å². The molecule has 2 heterocycles. The van der Waals surface area contributed by atoms with E-state index in [4.69, 9.17) is 11.6 Å². The van der Waals surface area contributed by atoms with Gasteiger partial charge in [0.05, 0.1) is 17.8 Å². The van der Waals surface area contributed by atoms with Crippen molar-refractivity contribution >= 4 is 39.7 Å². The van der Waals surface area contributed by atoms with Crippen LogP contribution in [0.25, 0.3) is 10.9 Å². The van der Waals surface area contributed by atoms with Crippen molar-refractivity contribution in [2.45, 2.75) is 20.4 Å². The number of thiazole rings is 1. The molecule has 6 heteroatoms. The fourth-order valence-electron chi connectivity index (χ4n) is 1.95. The van der Waals surface area contributed by atoms with E-state index < -0.39 is 0 Å². The van der Waals surface area contributed by atoms with Gasteiger partial charge in [-0.25, -0.2) is 15.0 Å². The van der Waals surface area contributed by atoms with Gasteiger partial charge in [-0.2, -0.15) is 0 Å². The molecule has 0 aliphatic carbocycles. The first-order valence-corrected chi connectivity index (χ1v) is 7.40. The van der Waals surface area contributed by atoms with Crippen molar-refractivity contribution in [3.8, 4) is 0 Å². The van der Waals surface area contributed by atoms with Gasteiger partial charge >= 0.3 is 0 Å². The number of hydrogen-bond donors (Lipinski definition) is 1. The van der Waals surface area contributed by atoms with E-state index in [1.165, 1.54) is 4.88 Å². The highest BCUT2D eigenvalue weighted by Gasteiger charge is 2.07. The number of nitrogens with one attached hydrogen (secondary N) is 1. The zero-order chi connectivity index (χ0) is 14.1. The van der Waals surface area contributed by atoms with E-state index in [0.29, 0.717) is 11.6 Å². The number of halogens is 1. The number of benzene rings is 1. The van der Waals surface area contributed by atoms with Gasteiger partial charge in [-0.05, 0) is 32.0 Å². The number of aromatic nitrogens is 3. The third-order valence-corrected chi connectivity index (χ3v) is 4.39. The Labute approximate surface area is 125 Å². The average Bonchev–Trinajstić information content (AvgIpc) is 2.75. The van der Waals surface area contributed by atoms with Crippen LogP contribution in [0.4, 0.5) is 5.82 Å². The lowest BCUT2D eigenvalue weighted by Crippen LogP contribution is -2.02. The van der Waals surface area contributed by atoms with Crippen molar-refractivity contribution in [1.29, 1.82) is 0 Å².